The van der Waals surface area contributed by atoms with E-state index in [0.29, 0.717) is 17.1 Å². The van der Waals surface area contributed by atoms with Gasteiger partial charge in [-0.3, -0.25) is 4.79 Å². The maximum absolute atomic E-state index is 12.2. The number of rotatable bonds is 1. The quantitative estimate of drug-likeness (QED) is 0.847. The first-order valence-electron chi connectivity index (χ1n) is 7.90. The van der Waals surface area contributed by atoms with Crippen molar-refractivity contribution in [2.75, 3.05) is 0 Å². The summed E-state index contributed by atoms with van der Waals surface area (Å²) in [6.07, 6.45) is 8.67. The van der Waals surface area contributed by atoms with Crippen LogP contribution in [-0.4, -0.2) is 19.7 Å². The van der Waals surface area contributed by atoms with Crippen molar-refractivity contribution in [2.24, 2.45) is 0 Å². The Morgan fingerprint density at radius 3 is 2.38 bits per heavy atom. The molecule has 0 aromatic carbocycles. The van der Waals surface area contributed by atoms with E-state index < -0.39 is 0 Å². The normalized spacial score (nSPS) is 17.8. The highest BCUT2D eigenvalue weighted by molar-refractivity contribution is 5.52. The van der Waals surface area contributed by atoms with E-state index in [1.54, 1.807) is 6.92 Å². The second-order valence-electron chi connectivity index (χ2n) is 6.22. The zero-order valence-electron chi connectivity index (χ0n) is 12.8. The van der Waals surface area contributed by atoms with Crippen LogP contribution in [0.3, 0.4) is 0 Å². The Morgan fingerprint density at radius 2 is 1.71 bits per heavy atom. The van der Waals surface area contributed by atoms with Crippen molar-refractivity contribution in [1.29, 1.82) is 0 Å². The van der Waals surface area contributed by atoms with Gasteiger partial charge < -0.3 is 10.1 Å². The largest absolute Gasteiger partial charge is 0.494 e. The van der Waals surface area contributed by atoms with Crippen LogP contribution >= 0.6 is 0 Å². The van der Waals surface area contributed by atoms with Crippen LogP contribution in [0, 0.1) is 13.8 Å². The average Bonchev–Trinajstić information content (AvgIpc) is 2.74. The number of aryl methyl sites for hydroxylation is 1. The van der Waals surface area contributed by atoms with E-state index in [4.69, 9.17) is 0 Å². The smallest absolute Gasteiger partial charge is 0.281 e. The molecule has 2 N–H and O–H groups in total. The molecule has 0 spiro atoms. The molecule has 3 rings (SSSR count). The van der Waals surface area contributed by atoms with Crippen molar-refractivity contribution < 1.29 is 5.11 Å². The van der Waals surface area contributed by atoms with Gasteiger partial charge in [0.05, 0.1) is 11.3 Å². The van der Waals surface area contributed by atoms with Crippen molar-refractivity contribution in [1.82, 2.24) is 14.6 Å². The maximum atomic E-state index is 12.2. The van der Waals surface area contributed by atoms with E-state index in [2.05, 4.69) is 10.1 Å². The average molecular weight is 289 g/mol. The molecule has 0 bridgehead atoms. The van der Waals surface area contributed by atoms with Crippen molar-refractivity contribution in [3.05, 3.63) is 27.2 Å². The number of hydrogen-bond acceptors (Lipinski definition) is 3. The van der Waals surface area contributed by atoms with E-state index in [-0.39, 0.29) is 11.4 Å². The van der Waals surface area contributed by atoms with Crippen molar-refractivity contribution in [3.63, 3.8) is 0 Å². The Balaban J connectivity index is 2.08. The van der Waals surface area contributed by atoms with Gasteiger partial charge in [0.25, 0.3) is 5.56 Å². The number of aromatic nitrogens is 3. The van der Waals surface area contributed by atoms with Gasteiger partial charge in [-0.15, -0.1) is 0 Å². The first-order valence-corrected chi connectivity index (χ1v) is 7.90. The molecule has 5 nitrogen and oxygen atoms in total. The van der Waals surface area contributed by atoms with Gasteiger partial charge in [0, 0.05) is 11.5 Å². The van der Waals surface area contributed by atoms with Gasteiger partial charge in [-0.05, 0) is 26.7 Å². The molecular formula is C16H23N3O2. The van der Waals surface area contributed by atoms with E-state index in [1.807, 2.05) is 6.92 Å². The van der Waals surface area contributed by atoms with Crippen LogP contribution in [0.25, 0.3) is 5.65 Å². The molecule has 21 heavy (non-hydrogen) atoms. The molecule has 0 amide bonds. The molecule has 1 aliphatic carbocycles. The lowest BCUT2D eigenvalue weighted by atomic mass is 9.87. The summed E-state index contributed by atoms with van der Waals surface area (Å²) in [4.78, 5) is 15.2. The fourth-order valence-corrected chi connectivity index (χ4v) is 3.39. The van der Waals surface area contributed by atoms with Gasteiger partial charge in [0.15, 0.2) is 5.88 Å². The second-order valence-corrected chi connectivity index (χ2v) is 6.22. The number of hydrogen-bond donors (Lipinski definition) is 2. The third-order valence-electron chi connectivity index (χ3n) is 4.76. The van der Waals surface area contributed by atoms with Crippen molar-refractivity contribution in [3.8, 4) is 5.88 Å². The molecule has 0 atom stereocenters. The minimum Gasteiger partial charge on any atom is -0.494 e. The fourth-order valence-electron chi connectivity index (χ4n) is 3.39. The number of aromatic hydroxyl groups is 1. The molecule has 0 unspecified atom stereocenters. The molecule has 114 valence electrons. The van der Waals surface area contributed by atoms with Crippen LogP contribution in [0.2, 0.25) is 0 Å². The summed E-state index contributed by atoms with van der Waals surface area (Å²) in [5.74, 6) is 0.375. The zero-order chi connectivity index (χ0) is 15.0. The highest BCUT2D eigenvalue weighted by Gasteiger charge is 2.22. The van der Waals surface area contributed by atoms with Gasteiger partial charge >= 0.3 is 0 Å². The standard InChI is InChI=1S/C16H23N3O2/c1-10-13(12-8-6-4-3-5-7-9-12)18-19-14(10)17-15(20)11(2)16(19)21/h12,17,20H,3-9H2,1-2H3. The molecule has 0 saturated heterocycles. The monoisotopic (exact) mass is 289 g/mol. The van der Waals surface area contributed by atoms with Crippen LogP contribution in [0.4, 0.5) is 0 Å². The summed E-state index contributed by atoms with van der Waals surface area (Å²) in [5, 5.41) is 14.4. The summed E-state index contributed by atoms with van der Waals surface area (Å²) in [7, 11) is 0. The van der Waals surface area contributed by atoms with Gasteiger partial charge in [-0.1, -0.05) is 32.1 Å². The number of fused-ring (bicyclic) bond motifs is 1. The molecule has 2 heterocycles. The van der Waals surface area contributed by atoms with Crippen molar-refractivity contribution in [2.45, 2.75) is 64.7 Å². The predicted molar refractivity (Wildman–Crippen MR) is 82.0 cm³/mol. The Labute approximate surface area is 124 Å². The number of nitrogens with one attached hydrogen (secondary N) is 1. The number of H-pyrrole nitrogens is 1. The van der Waals surface area contributed by atoms with Crippen molar-refractivity contribution >= 4 is 5.65 Å². The molecular weight excluding hydrogens is 266 g/mol. The second kappa shape index (κ2) is 5.54. The van der Waals surface area contributed by atoms with Crippen LogP contribution in [0.5, 0.6) is 5.88 Å². The number of nitrogens with zero attached hydrogens (tertiary/aromatic N) is 2. The van der Waals surface area contributed by atoms with Crippen LogP contribution in [-0.2, 0) is 0 Å². The minimum absolute atomic E-state index is 0.0558. The SMILES string of the molecule is Cc1c(O)[nH]c2c(C)c(C3CCCCCCC3)nn2c1=O. The molecule has 5 heteroatoms. The van der Waals surface area contributed by atoms with E-state index >= 15 is 0 Å². The van der Waals surface area contributed by atoms with Crippen LogP contribution < -0.4 is 5.56 Å². The lowest BCUT2D eigenvalue weighted by molar-refractivity contribution is 0.445. The third kappa shape index (κ3) is 2.45. The summed E-state index contributed by atoms with van der Waals surface area (Å²) in [6.45, 7) is 3.60. The Bertz CT molecular complexity index is 706. The summed E-state index contributed by atoms with van der Waals surface area (Å²) >= 11 is 0. The van der Waals surface area contributed by atoms with Gasteiger partial charge in [0.2, 0.25) is 0 Å². The van der Waals surface area contributed by atoms with Gasteiger partial charge in [-0.25, -0.2) is 0 Å². The summed E-state index contributed by atoms with van der Waals surface area (Å²) in [5.41, 5.74) is 2.72. The maximum Gasteiger partial charge on any atom is 0.281 e. The zero-order valence-corrected chi connectivity index (χ0v) is 12.8. The minimum atomic E-state index is -0.235. The molecule has 1 aliphatic rings. The first-order chi connectivity index (χ1) is 10.1. The third-order valence-corrected chi connectivity index (χ3v) is 4.76. The Morgan fingerprint density at radius 1 is 1.10 bits per heavy atom. The highest BCUT2D eigenvalue weighted by Crippen LogP contribution is 2.32. The highest BCUT2D eigenvalue weighted by atomic mass is 16.3. The van der Waals surface area contributed by atoms with E-state index in [1.165, 1.54) is 36.6 Å². The molecule has 0 aliphatic heterocycles. The Kier molecular flexibility index (Phi) is 3.74. The molecule has 2 aromatic heterocycles. The molecule has 2 aromatic rings. The fraction of sp³-hybridized carbons (Fsp3) is 0.625. The Hall–Kier alpha value is -1.78. The number of aromatic amines is 1. The first kappa shape index (κ1) is 14.2. The molecule has 1 saturated carbocycles. The summed E-state index contributed by atoms with van der Waals surface area (Å²) < 4.78 is 1.42. The van der Waals surface area contributed by atoms with Gasteiger partial charge in [-0.2, -0.15) is 9.61 Å². The van der Waals surface area contributed by atoms with Crippen LogP contribution in [0.15, 0.2) is 4.79 Å². The lowest BCUT2D eigenvalue weighted by Crippen LogP contribution is -2.18. The van der Waals surface area contributed by atoms with E-state index in [0.717, 1.165) is 24.1 Å². The van der Waals surface area contributed by atoms with Crippen LogP contribution in [0.1, 0.15) is 67.7 Å². The molecule has 0 radical (unpaired) electrons. The topological polar surface area (TPSA) is 70.4 Å². The summed E-state index contributed by atoms with van der Waals surface area (Å²) in [6, 6.07) is 0. The lowest BCUT2D eigenvalue weighted by Gasteiger charge is -2.18. The molecule has 1 fully saturated rings. The predicted octanol–water partition coefficient (Wildman–Crippen LogP) is 3.17. The van der Waals surface area contributed by atoms with Gasteiger partial charge in [0.1, 0.15) is 5.65 Å². The van der Waals surface area contributed by atoms with E-state index in [9.17, 15) is 9.90 Å².